The molecule has 0 aromatic carbocycles. The Morgan fingerprint density at radius 3 is 2.50 bits per heavy atom. The first-order valence-electron chi connectivity index (χ1n) is 7.46. The summed E-state index contributed by atoms with van der Waals surface area (Å²) < 4.78 is 0. The van der Waals surface area contributed by atoms with Gasteiger partial charge in [-0.1, -0.05) is 26.7 Å². The normalized spacial score (nSPS) is 24.4. The highest BCUT2D eigenvalue weighted by Crippen LogP contribution is 2.39. The molecular weight excluding hydrogens is 240 g/mol. The van der Waals surface area contributed by atoms with Gasteiger partial charge in [-0.15, -0.1) is 11.3 Å². The van der Waals surface area contributed by atoms with Crippen LogP contribution in [0.15, 0.2) is 0 Å². The summed E-state index contributed by atoms with van der Waals surface area (Å²) in [6.07, 6.45) is 9.05. The molecule has 102 valence electrons. The summed E-state index contributed by atoms with van der Waals surface area (Å²) in [6, 6.07) is 0. The third-order valence-electron chi connectivity index (χ3n) is 4.24. The average molecular weight is 266 g/mol. The van der Waals surface area contributed by atoms with Crippen LogP contribution in [0, 0.1) is 5.92 Å². The standard InChI is InChI=1S/C15H26N2S/c1-3-5-13-14(10-16)18-15(17-13)12-8-6-11(4-2)7-9-12/h11-12H,3-10,16H2,1-2H3. The quantitative estimate of drug-likeness (QED) is 0.866. The molecular formula is C15H26N2S. The molecule has 0 aliphatic heterocycles. The molecule has 18 heavy (non-hydrogen) atoms. The maximum atomic E-state index is 5.84. The second kappa shape index (κ2) is 6.67. The molecule has 1 aromatic rings. The molecule has 1 fully saturated rings. The van der Waals surface area contributed by atoms with E-state index in [4.69, 9.17) is 10.7 Å². The van der Waals surface area contributed by atoms with Gasteiger partial charge in [0.05, 0.1) is 10.7 Å². The van der Waals surface area contributed by atoms with Gasteiger partial charge in [0.25, 0.3) is 0 Å². The summed E-state index contributed by atoms with van der Waals surface area (Å²) >= 11 is 1.88. The van der Waals surface area contributed by atoms with Gasteiger partial charge in [-0.25, -0.2) is 4.98 Å². The fraction of sp³-hybridized carbons (Fsp3) is 0.800. The highest BCUT2D eigenvalue weighted by atomic mass is 32.1. The van der Waals surface area contributed by atoms with E-state index in [1.807, 2.05) is 11.3 Å². The molecule has 2 rings (SSSR count). The predicted octanol–water partition coefficient (Wildman–Crippen LogP) is 4.24. The van der Waals surface area contributed by atoms with E-state index in [0.29, 0.717) is 12.5 Å². The molecule has 0 amide bonds. The molecule has 0 spiro atoms. The molecule has 3 heteroatoms. The Morgan fingerprint density at radius 1 is 1.22 bits per heavy atom. The number of aromatic nitrogens is 1. The van der Waals surface area contributed by atoms with Crippen molar-refractivity contribution in [2.45, 2.75) is 71.3 Å². The van der Waals surface area contributed by atoms with E-state index in [1.54, 1.807) is 0 Å². The number of nitrogens with zero attached hydrogens (tertiary/aromatic N) is 1. The summed E-state index contributed by atoms with van der Waals surface area (Å²) in [7, 11) is 0. The molecule has 1 heterocycles. The van der Waals surface area contributed by atoms with Gasteiger partial charge >= 0.3 is 0 Å². The van der Waals surface area contributed by atoms with Gasteiger partial charge in [-0.05, 0) is 38.0 Å². The number of nitrogens with two attached hydrogens (primary N) is 1. The van der Waals surface area contributed by atoms with Crippen LogP contribution in [0.5, 0.6) is 0 Å². The van der Waals surface area contributed by atoms with Crippen molar-refractivity contribution in [3.63, 3.8) is 0 Å². The minimum absolute atomic E-state index is 0.664. The molecule has 2 N–H and O–H groups in total. The van der Waals surface area contributed by atoms with Gasteiger partial charge < -0.3 is 5.73 Å². The van der Waals surface area contributed by atoms with Crippen LogP contribution in [0.25, 0.3) is 0 Å². The zero-order valence-electron chi connectivity index (χ0n) is 11.7. The van der Waals surface area contributed by atoms with Crippen LogP contribution < -0.4 is 5.73 Å². The fourth-order valence-corrected chi connectivity index (χ4v) is 4.15. The molecule has 1 saturated carbocycles. The zero-order valence-corrected chi connectivity index (χ0v) is 12.6. The van der Waals surface area contributed by atoms with E-state index in [1.165, 1.54) is 54.1 Å². The molecule has 0 radical (unpaired) electrons. The van der Waals surface area contributed by atoms with Gasteiger partial charge in [0.2, 0.25) is 0 Å². The number of hydrogen-bond acceptors (Lipinski definition) is 3. The van der Waals surface area contributed by atoms with Gasteiger partial charge in [-0.3, -0.25) is 0 Å². The Hall–Kier alpha value is -0.410. The first-order valence-corrected chi connectivity index (χ1v) is 8.28. The molecule has 1 aliphatic rings. The molecule has 2 nitrogen and oxygen atoms in total. The minimum atomic E-state index is 0.664. The largest absolute Gasteiger partial charge is 0.326 e. The van der Waals surface area contributed by atoms with E-state index < -0.39 is 0 Å². The third kappa shape index (κ3) is 3.12. The maximum absolute atomic E-state index is 5.84. The van der Waals surface area contributed by atoms with Crippen LogP contribution in [0.1, 0.15) is 73.9 Å². The van der Waals surface area contributed by atoms with Crippen molar-refractivity contribution in [1.29, 1.82) is 0 Å². The number of thiazole rings is 1. The lowest BCUT2D eigenvalue weighted by atomic mass is 9.81. The molecule has 0 unspecified atom stereocenters. The second-order valence-electron chi connectivity index (χ2n) is 5.50. The van der Waals surface area contributed by atoms with E-state index in [9.17, 15) is 0 Å². The van der Waals surface area contributed by atoms with Crippen LogP contribution in [-0.2, 0) is 13.0 Å². The lowest BCUT2D eigenvalue weighted by molar-refractivity contribution is 0.318. The predicted molar refractivity (Wildman–Crippen MR) is 79.0 cm³/mol. The molecule has 0 atom stereocenters. The first kappa shape index (κ1) is 14.0. The van der Waals surface area contributed by atoms with Crippen LogP contribution in [0.3, 0.4) is 0 Å². The highest BCUT2D eigenvalue weighted by Gasteiger charge is 2.24. The van der Waals surface area contributed by atoms with Crippen molar-refractivity contribution in [3.8, 4) is 0 Å². The first-order chi connectivity index (χ1) is 8.78. The maximum Gasteiger partial charge on any atom is 0.0962 e. The van der Waals surface area contributed by atoms with Crippen LogP contribution >= 0.6 is 11.3 Å². The monoisotopic (exact) mass is 266 g/mol. The Morgan fingerprint density at radius 2 is 1.94 bits per heavy atom. The van der Waals surface area contributed by atoms with Gasteiger partial charge in [0.15, 0.2) is 0 Å². The van der Waals surface area contributed by atoms with Crippen molar-refractivity contribution in [3.05, 3.63) is 15.6 Å². The van der Waals surface area contributed by atoms with Crippen LogP contribution in [-0.4, -0.2) is 4.98 Å². The SMILES string of the molecule is CCCc1nc(C2CCC(CC)CC2)sc1CN. The van der Waals surface area contributed by atoms with E-state index >= 15 is 0 Å². The number of rotatable bonds is 5. The van der Waals surface area contributed by atoms with Crippen LogP contribution in [0.2, 0.25) is 0 Å². The second-order valence-corrected chi connectivity index (χ2v) is 6.62. The van der Waals surface area contributed by atoms with Crippen molar-refractivity contribution in [2.75, 3.05) is 0 Å². The minimum Gasteiger partial charge on any atom is -0.326 e. The smallest absolute Gasteiger partial charge is 0.0962 e. The molecule has 0 bridgehead atoms. The number of hydrogen-bond donors (Lipinski definition) is 1. The number of aryl methyl sites for hydroxylation is 1. The van der Waals surface area contributed by atoms with Gasteiger partial charge in [0.1, 0.15) is 0 Å². The van der Waals surface area contributed by atoms with Crippen molar-refractivity contribution < 1.29 is 0 Å². The van der Waals surface area contributed by atoms with Crippen molar-refractivity contribution in [1.82, 2.24) is 4.98 Å². The Kier molecular flexibility index (Phi) is 5.19. The van der Waals surface area contributed by atoms with Gasteiger partial charge in [0, 0.05) is 17.3 Å². The topological polar surface area (TPSA) is 38.9 Å². The Bertz CT molecular complexity index is 365. The zero-order chi connectivity index (χ0) is 13.0. The summed E-state index contributed by atoms with van der Waals surface area (Å²) in [5.41, 5.74) is 7.11. The third-order valence-corrected chi connectivity index (χ3v) is 5.52. The summed E-state index contributed by atoms with van der Waals surface area (Å²) in [5.74, 6) is 1.68. The summed E-state index contributed by atoms with van der Waals surface area (Å²) in [5, 5.41) is 1.37. The molecule has 1 aliphatic carbocycles. The Labute approximate surface area is 115 Å². The molecule has 0 saturated heterocycles. The summed E-state index contributed by atoms with van der Waals surface area (Å²) in [6.45, 7) is 5.20. The van der Waals surface area contributed by atoms with E-state index in [2.05, 4.69) is 13.8 Å². The molecule has 1 aromatic heterocycles. The van der Waals surface area contributed by atoms with Crippen LogP contribution in [0.4, 0.5) is 0 Å². The van der Waals surface area contributed by atoms with E-state index in [0.717, 1.165) is 12.3 Å². The van der Waals surface area contributed by atoms with Crippen molar-refractivity contribution in [2.24, 2.45) is 11.7 Å². The lowest BCUT2D eigenvalue weighted by Crippen LogP contribution is -2.12. The highest BCUT2D eigenvalue weighted by molar-refractivity contribution is 7.11. The van der Waals surface area contributed by atoms with Gasteiger partial charge in [-0.2, -0.15) is 0 Å². The fourth-order valence-electron chi connectivity index (χ4n) is 2.99. The summed E-state index contributed by atoms with van der Waals surface area (Å²) in [4.78, 5) is 6.21. The van der Waals surface area contributed by atoms with Crippen molar-refractivity contribution >= 4 is 11.3 Å². The van der Waals surface area contributed by atoms with E-state index in [-0.39, 0.29) is 0 Å². The average Bonchev–Trinajstić information content (AvgIpc) is 2.82. The lowest BCUT2D eigenvalue weighted by Gasteiger charge is -2.26. The Balaban J connectivity index is 2.05.